The number of nitrogens with zero attached hydrogens (tertiary/aromatic N) is 5. The minimum absolute atomic E-state index is 0.479. The van der Waals surface area contributed by atoms with E-state index in [1.807, 2.05) is 17.4 Å². The molecule has 0 amide bonds. The van der Waals surface area contributed by atoms with E-state index in [9.17, 15) is 0 Å². The third kappa shape index (κ3) is 2.93. The number of nitriles is 1. The molecule has 2 aromatic heterocycles. The molecule has 0 N–H and O–H groups in total. The Hall–Kier alpha value is -2.00. The Morgan fingerprint density at radius 3 is 3.04 bits per heavy atom. The van der Waals surface area contributed by atoms with Gasteiger partial charge in [-0.25, -0.2) is 4.98 Å². The first kappa shape index (κ1) is 14.6. The van der Waals surface area contributed by atoms with Crippen LogP contribution in [-0.2, 0) is 12.8 Å². The first-order valence-electron chi connectivity index (χ1n) is 8.30. The summed E-state index contributed by atoms with van der Waals surface area (Å²) < 4.78 is 0. The summed E-state index contributed by atoms with van der Waals surface area (Å²) in [5.41, 5.74) is 1.92. The monoisotopic (exact) mass is 325 g/mol. The molecule has 6 heteroatoms. The molecule has 3 heterocycles. The van der Waals surface area contributed by atoms with Gasteiger partial charge in [0.15, 0.2) is 5.82 Å². The maximum Gasteiger partial charge on any atom is 0.152 e. The van der Waals surface area contributed by atoms with Crippen LogP contribution in [0.5, 0.6) is 0 Å². The van der Waals surface area contributed by atoms with Gasteiger partial charge in [0, 0.05) is 30.0 Å². The molecule has 1 fully saturated rings. The summed E-state index contributed by atoms with van der Waals surface area (Å²) in [5, 5.41) is 18.5. The van der Waals surface area contributed by atoms with E-state index in [1.54, 1.807) is 0 Å². The normalized spacial score (nSPS) is 20.8. The van der Waals surface area contributed by atoms with Crippen LogP contribution in [0, 0.1) is 11.3 Å². The lowest BCUT2D eigenvalue weighted by molar-refractivity contribution is 0.503. The van der Waals surface area contributed by atoms with Gasteiger partial charge in [-0.15, -0.1) is 16.4 Å². The van der Waals surface area contributed by atoms with E-state index in [0.717, 1.165) is 31.7 Å². The lowest BCUT2D eigenvalue weighted by Gasteiger charge is -2.32. The molecule has 0 aromatic carbocycles. The number of hydrogen-bond acceptors (Lipinski definition) is 6. The van der Waals surface area contributed by atoms with E-state index < -0.39 is 0 Å². The van der Waals surface area contributed by atoms with Crippen molar-refractivity contribution in [1.82, 2.24) is 15.2 Å². The molecule has 2 aliphatic rings. The van der Waals surface area contributed by atoms with Gasteiger partial charge < -0.3 is 4.90 Å². The molecule has 118 valence electrons. The van der Waals surface area contributed by atoms with Crippen LogP contribution in [0.1, 0.15) is 52.7 Å². The van der Waals surface area contributed by atoms with Gasteiger partial charge in [0.1, 0.15) is 6.07 Å². The van der Waals surface area contributed by atoms with Crippen LogP contribution in [0.25, 0.3) is 0 Å². The van der Waals surface area contributed by atoms with Crippen molar-refractivity contribution in [2.75, 3.05) is 18.0 Å². The molecular formula is C17H19N5S. The molecular weight excluding hydrogens is 306 g/mol. The van der Waals surface area contributed by atoms with E-state index >= 15 is 0 Å². The van der Waals surface area contributed by atoms with Gasteiger partial charge in [0.25, 0.3) is 0 Å². The second-order valence-electron chi connectivity index (χ2n) is 6.33. The molecule has 2 aromatic rings. The van der Waals surface area contributed by atoms with Gasteiger partial charge in [-0.05, 0) is 38.5 Å². The van der Waals surface area contributed by atoms with Crippen molar-refractivity contribution in [2.45, 2.75) is 44.4 Å². The highest BCUT2D eigenvalue weighted by Gasteiger charge is 2.27. The molecule has 23 heavy (non-hydrogen) atoms. The van der Waals surface area contributed by atoms with Gasteiger partial charge in [0.2, 0.25) is 0 Å². The first-order valence-corrected chi connectivity index (χ1v) is 9.11. The quantitative estimate of drug-likeness (QED) is 0.849. The van der Waals surface area contributed by atoms with E-state index in [-0.39, 0.29) is 0 Å². The summed E-state index contributed by atoms with van der Waals surface area (Å²) in [5.74, 6) is 1.29. The Labute approximate surface area is 140 Å². The van der Waals surface area contributed by atoms with Gasteiger partial charge in [0.05, 0.1) is 22.5 Å². The van der Waals surface area contributed by atoms with Crippen LogP contribution in [0.2, 0.25) is 0 Å². The Morgan fingerprint density at radius 2 is 2.17 bits per heavy atom. The minimum Gasteiger partial charge on any atom is -0.354 e. The number of aromatic nitrogens is 3. The Kier molecular flexibility index (Phi) is 3.96. The van der Waals surface area contributed by atoms with Crippen molar-refractivity contribution < 1.29 is 0 Å². The van der Waals surface area contributed by atoms with Crippen molar-refractivity contribution in [2.24, 2.45) is 0 Å². The van der Waals surface area contributed by atoms with Crippen molar-refractivity contribution in [3.63, 3.8) is 0 Å². The zero-order valence-electron chi connectivity index (χ0n) is 13.0. The second kappa shape index (κ2) is 6.25. The number of hydrogen-bond donors (Lipinski definition) is 0. The van der Waals surface area contributed by atoms with Crippen LogP contribution >= 0.6 is 11.3 Å². The molecule has 1 atom stereocenters. The molecule has 5 nitrogen and oxygen atoms in total. The molecule has 4 rings (SSSR count). The number of piperidine rings is 1. The summed E-state index contributed by atoms with van der Waals surface area (Å²) in [6, 6.07) is 3.98. The zero-order chi connectivity index (χ0) is 15.6. The predicted molar refractivity (Wildman–Crippen MR) is 89.7 cm³/mol. The van der Waals surface area contributed by atoms with Gasteiger partial charge in [-0.3, -0.25) is 0 Å². The Bertz CT molecular complexity index is 724. The standard InChI is InChI=1S/C17H19N5S/c18-9-12-8-16(21-19-10-12)22-7-3-4-13(11-22)17-20-14-5-1-2-6-15(14)23-17/h8,10,13H,1-7,11H2/t13-/m0/s1. The van der Waals surface area contributed by atoms with Crippen molar-refractivity contribution in [3.8, 4) is 6.07 Å². The van der Waals surface area contributed by atoms with E-state index in [2.05, 4.69) is 21.2 Å². The number of thiazole rings is 1. The largest absolute Gasteiger partial charge is 0.354 e. The van der Waals surface area contributed by atoms with Gasteiger partial charge >= 0.3 is 0 Å². The van der Waals surface area contributed by atoms with Crippen LogP contribution in [0.4, 0.5) is 5.82 Å². The number of fused-ring (bicyclic) bond motifs is 1. The average Bonchev–Trinajstić information content (AvgIpc) is 3.06. The smallest absolute Gasteiger partial charge is 0.152 e. The third-order valence-corrected chi connectivity index (χ3v) is 6.05. The second-order valence-corrected chi connectivity index (χ2v) is 7.44. The molecule has 0 spiro atoms. The maximum absolute atomic E-state index is 9.04. The van der Waals surface area contributed by atoms with Crippen molar-refractivity contribution in [3.05, 3.63) is 33.4 Å². The fourth-order valence-corrected chi connectivity index (χ4v) is 4.78. The van der Waals surface area contributed by atoms with Crippen molar-refractivity contribution >= 4 is 17.2 Å². The molecule has 0 radical (unpaired) electrons. The lowest BCUT2D eigenvalue weighted by atomic mass is 9.98. The highest BCUT2D eigenvalue weighted by atomic mass is 32.1. The average molecular weight is 325 g/mol. The number of rotatable bonds is 2. The van der Waals surface area contributed by atoms with E-state index in [0.29, 0.717) is 11.5 Å². The molecule has 0 unspecified atom stereocenters. The summed E-state index contributed by atoms with van der Waals surface area (Å²) in [6.45, 7) is 1.90. The van der Waals surface area contributed by atoms with Gasteiger partial charge in [-0.2, -0.15) is 10.4 Å². The van der Waals surface area contributed by atoms with Crippen LogP contribution in [0.15, 0.2) is 12.3 Å². The van der Waals surface area contributed by atoms with Crippen LogP contribution in [-0.4, -0.2) is 28.3 Å². The molecule has 0 saturated carbocycles. The van der Waals surface area contributed by atoms with Crippen LogP contribution < -0.4 is 4.90 Å². The number of anilines is 1. The topological polar surface area (TPSA) is 65.7 Å². The van der Waals surface area contributed by atoms with E-state index in [4.69, 9.17) is 10.2 Å². The van der Waals surface area contributed by atoms with Gasteiger partial charge in [-0.1, -0.05) is 0 Å². The molecule has 1 aliphatic heterocycles. The lowest BCUT2D eigenvalue weighted by Crippen LogP contribution is -2.35. The fourth-order valence-electron chi connectivity index (χ4n) is 3.50. The maximum atomic E-state index is 9.04. The summed E-state index contributed by atoms with van der Waals surface area (Å²) in [4.78, 5) is 8.70. The highest BCUT2D eigenvalue weighted by Crippen LogP contribution is 2.35. The summed E-state index contributed by atoms with van der Waals surface area (Å²) in [6.07, 6.45) is 8.78. The Balaban J connectivity index is 1.55. The SMILES string of the molecule is N#Cc1cnnc(N2CCC[C@H](c3nc4c(s3)CCCC4)C2)c1. The minimum atomic E-state index is 0.479. The molecule has 0 bridgehead atoms. The summed E-state index contributed by atoms with van der Waals surface area (Å²) >= 11 is 1.92. The highest BCUT2D eigenvalue weighted by molar-refractivity contribution is 7.11. The summed E-state index contributed by atoms with van der Waals surface area (Å²) in [7, 11) is 0. The number of aryl methyl sites for hydroxylation is 2. The fraction of sp³-hybridized carbons (Fsp3) is 0.529. The van der Waals surface area contributed by atoms with Crippen molar-refractivity contribution in [1.29, 1.82) is 5.26 Å². The van der Waals surface area contributed by atoms with Crippen LogP contribution in [0.3, 0.4) is 0 Å². The van der Waals surface area contributed by atoms with E-state index in [1.165, 1.54) is 47.5 Å². The predicted octanol–water partition coefficient (Wildman–Crippen LogP) is 3.07. The first-order chi connectivity index (χ1) is 11.3. The Morgan fingerprint density at radius 1 is 1.26 bits per heavy atom. The molecule has 1 saturated heterocycles. The third-order valence-electron chi connectivity index (χ3n) is 4.73. The zero-order valence-corrected chi connectivity index (χ0v) is 13.8. The molecule has 1 aliphatic carbocycles.